The van der Waals surface area contributed by atoms with E-state index in [9.17, 15) is 9.90 Å². The van der Waals surface area contributed by atoms with Crippen molar-refractivity contribution in [2.45, 2.75) is 18.2 Å². The molecule has 0 spiro atoms. The Kier molecular flexibility index (Phi) is 5.95. The van der Waals surface area contributed by atoms with Crippen molar-refractivity contribution < 1.29 is 9.90 Å². The molecule has 0 aliphatic heterocycles. The molecule has 7 heteroatoms. The monoisotopic (exact) mass is 432 g/mol. The van der Waals surface area contributed by atoms with Gasteiger partial charge in [-0.3, -0.25) is 0 Å². The summed E-state index contributed by atoms with van der Waals surface area (Å²) in [5.41, 5.74) is 5.78. The van der Waals surface area contributed by atoms with Gasteiger partial charge < -0.3 is 15.0 Å². The number of rotatable bonds is 7. The van der Waals surface area contributed by atoms with E-state index < -0.39 is 5.97 Å². The highest BCUT2D eigenvalue weighted by atomic mass is 32.2. The number of carboxylic acids is 1. The van der Waals surface area contributed by atoms with Crippen molar-refractivity contribution in [1.29, 1.82) is 0 Å². The van der Waals surface area contributed by atoms with Crippen LogP contribution in [0.5, 0.6) is 0 Å². The Morgan fingerprint density at radius 3 is 2.77 bits per heavy atom. The van der Waals surface area contributed by atoms with Crippen LogP contribution in [0.25, 0.3) is 22.2 Å². The molecule has 2 aromatic carbocycles. The van der Waals surface area contributed by atoms with Gasteiger partial charge in [-0.1, -0.05) is 12.1 Å². The van der Waals surface area contributed by atoms with E-state index in [2.05, 4.69) is 58.2 Å². The van der Waals surface area contributed by atoms with Crippen molar-refractivity contribution in [3.05, 3.63) is 71.7 Å². The van der Waals surface area contributed by atoms with Crippen molar-refractivity contribution in [3.8, 4) is 11.3 Å². The fourth-order valence-corrected chi connectivity index (χ4v) is 4.43. The molecule has 0 aliphatic carbocycles. The number of hydrogen-bond acceptors (Lipinski definition) is 5. The Morgan fingerprint density at radius 2 is 2.00 bits per heavy atom. The minimum Gasteiger partial charge on any atom is -0.478 e. The summed E-state index contributed by atoms with van der Waals surface area (Å²) >= 11 is 1.41. The van der Waals surface area contributed by atoms with Crippen molar-refractivity contribution in [2.24, 2.45) is 7.05 Å². The Morgan fingerprint density at radius 1 is 1.16 bits per heavy atom. The van der Waals surface area contributed by atoms with E-state index in [1.165, 1.54) is 40.1 Å². The highest BCUT2D eigenvalue weighted by Crippen LogP contribution is 2.28. The summed E-state index contributed by atoms with van der Waals surface area (Å²) in [6.07, 6.45) is 6.38. The summed E-state index contributed by atoms with van der Waals surface area (Å²) in [7, 11) is 2.06. The third-order valence-electron chi connectivity index (χ3n) is 5.49. The fourth-order valence-electron chi connectivity index (χ4n) is 3.81. The van der Waals surface area contributed by atoms with Crippen molar-refractivity contribution in [1.82, 2.24) is 14.5 Å². The Labute approximate surface area is 185 Å². The number of carbonyl (C=O) groups is 1. The van der Waals surface area contributed by atoms with Crippen LogP contribution in [0.3, 0.4) is 0 Å². The van der Waals surface area contributed by atoms with E-state index in [-0.39, 0.29) is 0 Å². The van der Waals surface area contributed by atoms with E-state index in [4.69, 9.17) is 0 Å². The van der Waals surface area contributed by atoms with Gasteiger partial charge in [-0.05, 0) is 55.0 Å². The third-order valence-corrected chi connectivity index (χ3v) is 6.27. The Bertz CT molecular complexity index is 1270. The standard InChI is InChI=1S/C24H24N4O2S/c1-15-4-7-21-18(9-11-28(21)2)17(15)8-10-25-23-13-20(26-14-27-23)16-5-6-19(24(29)30)22(12-16)31-3/h4-7,9,11-14H,8,10H2,1-3H3,(H,29,30)(H,25,26,27). The molecule has 2 heterocycles. The number of nitrogens with zero attached hydrogens (tertiary/aromatic N) is 3. The summed E-state index contributed by atoms with van der Waals surface area (Å²) in [6.45, 7) is 2.90. The fraction of sp³-hybridized carbons (Fsp3) is 0.208. The molecule has 6 nitrogen and oxygen atoms in total. The minimum atomic E-state index is -0.926. The molecular weight excluding hydrogens is 408 g/mol. The molecule has 0 saturated heterocycles. The molecule has 2 aromatic heterocycles. The van der Waals surface area contributed by atoms with Gasteiger partial charge in [0, 0.05) is 47.2 Å². The van der Waals surface area contributed by atoms with E-state index in [0.29, 0.717) is 10.5 Å². The lowest BCUT2D eigenvalue weighted by atomic mass is 10.0. The zero-order chi connectivity index (χ0) is 22.0. The second-order valence-corrected chi connectivity index (χ2v) is 8.25. The predicted molar refractivity (Wildman–Crippen MR) is 126 cm³/mol. The summed E-state index contributed by atoms with van der Waals surface area (Å²) in [5.74, 6) is -0.180. The number of aryl methyl sites for hydroxylation is 2. The second-order valence-electron chi connectivity index (χ2n) is 7.41. The number of fused-ring (bicyclic) bond motifs is 1. The first kappa shape index (κ1) is 20.9. The van der Waals surface area contributed by atoms with Crippen LogP contribution >= 0.6 is 11.8 Å². The largest absolute Gasteiger partial charge is 0.478 e. The first-order valence-corrected chi connectivity index (χ1v) is 11.2. The molecule has 31 heavy (non-hydrogen) atoms. The van der Waals surface area contributed by atoms with Crippen molar-refractivity contribution in [3.63, 3.8) is 0 Å². The maximum absolute atomic E-state index is 11.4. The van der Waals surface area contributed by atoms with E-state index in [1.807, 2.05) is 18.4 Å². The quantitative estimate of drug-likeness (QED) is 0.399. The van der Waals surface area contributed by atoms with Crippen LogP contribution in [0.1, 0.15) is 21.5 Å². The minimum absolute atomic E-state index is 0.300. The van der Waals surface area contributed by atoms with Gasteiger partial charge in [0.15, 0.2) is 0 Å². The first-order valence-electron chi connectivity index (χ1n) is 9.99. The van der Waals surface area contributed by atoms with Crippen LogP contribution in [0.4, 0.5) is 5.82 Å². The summed E-state index contributed by atoms with van der Waals surface area (Å²) in [4.78, 5) is 20.8. The Balaban J connectivity index is 1.51. The SMILES string of the molecule is CSc1cc(-c2cc(NCCc3c(C)ccc4c3ccn4C)ncn2)ccc1C(=O)O. The van der Waals surface area contributed by atoms with Crippen LogP contribution in [-0.4, -0.2) is 38.4 Å². The molecule has 0 aliphatic rings. The number of thioether (sulfide) groups is 1. The van der Waals surface area contributed by atoms with Crippen LogP contribution in [0.15, 0.2) is 59.9 Å². The zero-order valence-corrected chi connectivity index (χ0v) is 18.5. The molecule has 0 unspecified atom stereocenters. The van der Waals surface area contributed by atoms with Crippen molar-refractivity contribution >= 4 is 34.5 Å². The number of aromatic nitrogens is 3. The number of carboxylic acid groups (broad SMARTS) is 1. The Hall–Kier alpha value is -3.32. The average Bonchev–Trinajstić information content (AvgIpc) is 3.15. The molecule has 0 fully saturated rings. The van der Waals surface area contributed by atoms with E-state index in [1.54, 1.807) is 12.1 Å². The molecule has 0 bridgehead atoms. The molecule has 158 valence electrons. The van der Waals surface area contributed by atoms with Gasteiger partial charge in [0.1, 0.15) is 12.1 Å². The number of nitrogens with one attached hydrogen (secondary N) is 1. The van der Waals surface area contributed by atoms with Gasteiger partial charge in [0.2, 0.25) is 0 Å². The van der Waals surface area contributed by atoms with Crippen LogP contribution in [0.2, 0.25) is 0 Å². The van der Waals surface area contributed by atoms with Gasteiger partial charge in [-0.2, -0.15) is 0 Å². The first-order chi connectivity index (χ1) is 15.0. The summed E-state index contributed by atoms with van der Waals surface area (Å²) < 4.78 is 2.14. The zero-order valence-electron chi connectivity index (χ0n) is 17.7. The normalized spacial score (nSPS) is 11.1. The molecule has 0 atom stereocenters. The second kappa shape index (κ2) is 8.81. The van der Waals surface area contributed by atoms with Gasteiger partial charge in [-0.25, -0.2) is 14.8 Å². The molecular formula is C24H24N4O2S. The van der Waals surface area contributed by atoms with Gasteiger partial charge in [-0.15, -0.1) is 11.8 Å². The van der Waals surface area contributed by atoms with Gasteiger partial charge in [0.05, 0.1) is 11.3 Å². The summed E-state index contributed by atoms with van der Waals surface area (Å²) in [6, 6.07) is 13.7. The maximum atomic E-state index is 11.4. The number of benzene rings is 2. The summed E-state index contributed by atoms with van der Waals surface area (Å²) in [5, 5.41) is 14.0. The van der Waals surface area contributed by atoms with Gasteiger partial charge in [0.25, 0.3) is 0 Å². The lowest BCUT2D eigenvalue weighted by Crippen LogP contribution is -2.08. The lowest BCUT2D eigenvalue weighted by Gasteiger charge is -2.11. The highest BCUT2D eigenvalue weighted by Gasteiger charge is 2.12. The van der Waals surface area contributed by atoms with Crippen molar-refractivity contribution in [2.75, 3.05) is 18.1 Å². The number of hydrogen-bond donors (Lipinski definition) is 2. The molecule has 0 amide bonds. The topological polar surface area (TPSA) is 80.0 Å². The molecule has 0 saturated carbocycles. The molecule has 4 rings (SSSR count). The number of aromatic carboxylic acids is 1. The third kappa shape index (κ3) is 4.27. The molecule has 0 radical (unpaired) electrons. The van der Waals surface area contributed by atoms with Gasteiger partial charge >= 0.3 is 5.97 Å². The smallest absolute Gasteiger partial charge is 0.336 e. The average molecular weight is 433 g/mol. The molecule has 4 aromatic rings. The highest BCUT2D eigenvalue weighted by molar-refractivity contribution is 7.98. The van der Waals surface area contributed by atoms with Crippen LogP contribution in [-0.2, 0) is 13.5 Å². The van der Waals surface area contributed by atoms with Crippen LogP contribution < -0.4 is 5.32 Å². The number of anilines is 1. The lowest BCUT2D eigenvalue weighted by molar-refractivity contribution is 0.0693. The van der Waals surface area contributed by atoms with E-state index in [0.717, 1.165) is 30.0 Å². The predicted octanol–water partition coefficient (Wildman–Crippen LogP) is 5.02. The van der Waals surface area contributed by atoms with Crippen LogP contribution in [0, 0.1) is 6.92 Å². The molecule has 2 N–H and O–H groups in total. The maximum Gasteiger partial charge on any atom is 0.336 e. The van der Waals surface area contributed by atoms with E-state index >= 15 is 0 Å².